The second kappa shape index (κ2) is 4.33. The van der Waals surface area contributed by atoms with Gasteiger partial charge >= 0.3 is 0 Å². The van der Waals surface area contributed by atoms with Crippen LogP contribution >= 0.6 is 0 Å². The summed E-state index contributed by atoms with van der Waals surface area (Å²) >= 11 is 0. The van der Waals surface area contributed by atoms with Crippen LogP contribution < -0.4 is 5.73 Å². The fourth-order valence-electron chi connectivity index (χ4n) is 0.944. The number of hydrogen-bond acceptors (Lipinski definition) is 4. The van der Waals surface area contributed by atoms with Gasteiger partial charge in [-0.15, -0.1) is 0 Å². The molecule has 1 atom stereocenters. The van der Waals surface area contributed by atoms with Crippen LogP contribution in [0.1, 0.15) is 28.6 Å². The van der Waals surface area contributed by atoms with Crippen LogP contribution in [0.15, 0.2) is 18.2 Å². The lowest BCUT2D eigenvalue weighted by molar-refractivity contribution is 0.111. The highest BCUT2D eigenvalue weighted by Gasteiger charge is 2.06. The molecule has 4 heteroatoms. The molecule has 0 saturated heterocycles. The van der Waals surface area contributed by atoms with E-state index in [4.69, 9.17) is 11.0 Å². The van der Waals surface area contributed by atoms with Gasteiger partial charge in [-0.2, -0.15) is 5.26 Å². The third kappa shape index (κ3) is 2.36. The molecule has 0 aliphatic rings. The Morgan fingerprint density at radius 1 is 1.69 bits per heavy atom. The zero-order valence-electron chi connectivity index (χ0n) is 6.97. The van der Waals surface area contributed by atoms with E-state index >= 15 is 0 Å². The van der Waals surface area contributed by atoms with Crippen molar-refractivity contribution in [2.45, 2.75) is 12.5 Å². The standard InChI is InChI=1S/C9H9N3O/c10-5-4-8(11)9-3-1-2-7(6-13)12-9/h1-3,6,8H,4,11H2. The minimum atomic E-state index is -0.412. The molecule has 1 aromatic heterocycles. The van der Waals surface area contributed by atoms with Gasteiger partial charge in [0.15, 0.2) is 6.29 Å². The number of nitriles is 1. The first-order valence-electron chi connectivity index (χ1n) is 3.82. The second-order valence-electron chi connectivity index (χ2n) is 2.57. The lowest BCUT2D eigenvalue weighted by Gasteiger charge is -2.05. The molecule has 0 bridgehead atoms. The van der Waals surface area contributed by atoms with E-state index in [1.807, 2.05) is 6.07 Å². The van der Waals surface area contributed by atoms with Crippen LogP contribution in [-0.4, -0.2) is 11.3 Å². The Morgan fingerprint density at radius 3 is 3.08 bits per heavy atom. The average molecular weight is 175 g/mol. The Bertz CT molecular complexity index is 343. The molecule has 66 valence electrons. The number of aldehydes is 1. The van der Waals surface area contributed by atoms with E-state index in [2.05, 4.69) is 4.98 Å². The summed E-state index contributed by atoms with van der Waals surface area (Å²) in [7, 11) is 0. The van der Waals surface area contributed by atoms with Crippen molar-refractivity contribution in [3.8, 4) is 6.07 Å². The first-order valence-corrected chi connectivity index (χ1v) is 3.82. The highest BCUT2D eigenvalue weighted by atomic mass is 16.1. The van der Waals surface area contributed by atoms with E-state index in [9.17, 15) is 4.79 Å². The number of nitrogens with two attached hydrogens (primary N) is 1. The van der Waals surface area contributed by atoms with Crippen LogP contribution in [0.5, 0.6) is 0 Å². The van der Waals surface area contributed by atoms with Gasteiger partial charge in [0.1, 0.15) is 5.69 Å². The van der Waals surface area contributed by atoms with Crippen molar-refractivity contribution in [1.29, 1.82) is 5.26 Å². The van der Waals surface area contributed by atoms with E-state index in [-0.39, 0.29) is 6.42 Å². The lowest BCUT2D eigenvalue weighted by Crippen LogP contribution is -2.11. The molecule has 13 heavy (non-hydrogen) atoms. The summed E-state index contributed by atoms with van der Waals surface area (Å²) in [5.74, 6) is 0. The lowest BCUT2D eigenvalue weighted by atomic mass is 10.1. The molecular weight excluding hydrogens is 166 g/mol. The van der Waals surface area contributed by atoms with Crippen LogP contribution in [0.25, 0.3) is 0 Å². The summed E-state index contributed by atoms with van der Waals surface area (Å²) in [6.45, 7) is 0. The van der Waals surface area contributed by atoms with Crippen molar-refractivity contribution in [2.24, 2.45) is 5.73 Å². The Balaban J connectivity index is 2.89. The number of pyridine rings is 1. The molecule has 1 rings (SSSR count). The van der Waals surface area contributed by atoms with Gasteiger partial charge in [0.25, 0.3) is 0 Å². The molecule has 2 N–H and O–H groups in total. The van der Waals surface area contributed by atoms with E-state index in [1.54, 1.807) is 18.2 Å². The summed E-state index contributed by atoms with van der Waals surface area (Å²) in [6, 6.07) is 6.53. The van der Waals surface area contributed by atoms with Crippen LogP contribution in [-0.2, 0) is 0 Å². The maximum atomic E-state index is 10.4. The Labute approximate surface area is 76.0 Å². The molecule has 0 spiro atoms. The summed E-state index contributed by atoms with van der Waals surface area (Å²) in [5.41, 5.74) is 6.54. The molecule has 0 aliphatic heterocycles. The second-order valence-corrected chi connectivity index (χ2v) is 2.57. The number of rotatable bonds is 3. The molecule has 0 saturated carbocycles. The molecule has 1 aromatic rings. The van der Waals surface area contributed by atoms with Gasteiger partial charge in [0, 0.05) is 0 Å². The largest absolute Gasteiger partial charge is 0.322 e. The number of hydrogen-bond donors (Lipinski definition) is 1. The average Bonchev–Trinajstić information content (AvgIpc) is 2.18. The minimum Gasteiger partial charge on any atom is -0.322 e. The van der Waals surface area contributed by atoms with E-state index in [1.165, 1.54) is 0 Å². The highest BCUT2D eigenvalue weighted by Crippen LogP contribution is 2.10. The molecule has 0 amide bonds. The molecule has 0 aliphatic carbocycles. The van der Waals surface area contributed by atoms with Gasteiger partial charge in [0.2, 0.25) is 0 Å². The van der Waals surface area contributed by atoms with Crippen LogP contribution in [0, 0.1) is 11.3 Å². The number of carbonyl (C=O) groups excluding carboxylic acids is 1. The summed E-state index contributed by atoms with van der Waals surface area (Å²) < 4.78 is 0. The third-order valence-electron chi connectivity index (χ3n) is 1.60. The van der Waals surface area contributed by atoms with Crippen molar-refractivity contribution in [2.75, 3.05) is 0 Å². The van der Waals surface area contributed by atoms with Crippen molar-refractivity contribution >= 4 is 6.29 Å². The van der Waals surface area contributed by atoms with Gasteiger partial charge in [-0.3, -0.25) is 4.79 Å². The zero-order valence-corrected chi connectivity index (χ0v) is 6.97. The molecule has 1 heterocycles. The predicted octanol–water partition coefficient (Wildman–Crippen LogP) is 0.808. The van der Waals surface area contributed by atoms with Gasteiger partial charge < -0.3 is 5.73 Å². The van der Waals surface area contributed by atoms with Crippen LogP contribution in [0.2, 0.25) is 0 Å². The minimum absolute atomic E-state index is 0.204. The van der Waals surface area contributed by atoms with Crippen LogP contribution in [0.3, 0.4) is 0 Å². The molecule has 1 unspecified atom stereocenters. The SMILES string of the molecule is N#CCC(N)c1cccc(C=O)n1. The van der Waals surface area contributed by atoms with Crippen molar-refractivity contribution in [1.82, 2.24) is 4.98 Å². The molecule has 0 aromatic carbocycles. The highest BCUT2D eigenvalue weighted by molar-refractivity contribution is 5.71. The van der Waals surface area contributed by atoms with Gasteiger partial charge in [-0.05, 0) is 12.1 Å². The molecule has 0 fully saturated rings. The first kappa shape index (κ1) is 9.36. The summed E-state index contributed by atoms with van der Waals surface area (Å²) in [6.07, 6.45) is 0.859. The molecular formula is C9H9N3O. The smallest absolute Gasteiger partial charge is 0.168 e. The topological polar surface area (TPSA) is 79.8 Å². The molecule has 4 nitrogen and oxygen atoms in total. The summed E-state index contributed by atoms with van der Waals surface area (Å²) in [4.78, 5) is 14.3. The maximum absolute atomic E-state index is 10.4. The number of aromatic nitrogens is 1. The van der Waals surface area contributed by atoms with E-state index in [0.29, 0.717) is 17.7 Å². The van der Waals surface area contributed by atoms with E-state index < -0.39 is 6.04 Å². The van der Waals surface area contributed by atoms with Crippen molar-refractivity contribution in [3.05, 3.63) is 29.6 Å². The Kier molecular flexibility index (Phi) is 3.12. The Morgan fingerprint density at radius 2 is 2.46 bits per heavy atom. The van der Waals surface area contributed by atoms with E-state index in [0.717, 1.165) is 0 Å². The number of nitrogens with zero attached hydrogens (tertiary/aromatic N) is 2. The third-order valence-corrected chi connectivity index (χ3v) is 1.60. The number of carbonyl (C=O) groups is 1. The fraction of sp³-hybridized carbons (Fsp3) is 0.222. The maximum Gasteiger partial charge on any atom is 0.168 e. The van der Waals surface area contributed by atoms with Crippen molar-refractivity contribution in [3.63, 3.8) is 0 Å². The quantitative estimate of drug-likeness (QED) is 0.689. The van der Waals surface area contributed by atoms with Crippen LogP contribution in [0.4, 0.5) is 0 Å². The van der Waals surface area contributed by atoms with Gasteiger partial charge in [-0.25, -0.2) is 4.98 Å². The summed E-state index contributed by atoms with van der Waals surface area (Å²) in [5, 5.41) is 8.40. The molecule has 0 radical (unpaired) electrons. The Hall–Kier alpha value is -1.73. The zero-order chi connectivity index (χ0) is 9.68. The fourth-order valence-corrected chi connectivity index (χ4v) is 0.944. The van der Waals surface area contributed by atoms with Gasteiger partial charge in [-0.1, -0.05) is 6.07 Å². The normalized spacial score (nSPS) is 11.7. The predicted molar refractivity (Wildman–Crippen MR) is 46.8 cm³/mol. The van der Waals surface area contributed by atoms with Crippen molar-refractivity contribution < 1.29 is 4.79 Å². The van der Waals surface area contributed by atoms with Gasteiger partial charge in [0.05, 0.1) is 24.2 Å². The monoisotopic (exact) mass is 175 g/mol. The first-order chi connectivity index (χ1) is 6.27.